The van der Waals surface area contributed by atoms with Gasteiger partial charge in [-0.2, -0.15) is 0 Å². The van der Waals surface area contributed by atoms with Crippen LogP contribution in [0, 0.1) is 6.92 Å². The van der Waals surface area contributed by atoms with Gasteiger partial charge in [0.1, 0.15) is 0 Å². The third-order valence-electron chi connectivity index (χ3n) is 3.33. The Bertz CT molecular complexity index is 540. The van der Waals surface area contributed by atoms with E-state index in [4.69, 9.17) is 0 Å². The van der Waals surface area contributed by atoms with Crippen LogP contribution in [-0.4, -0.2) is 16.7 Å². The van der Waals surface area contributed by atoms with Gasteiger partial charge in [0.25, 0.3) is 0 Å². The van der Waals surface area contributed by atoms with Crippen LogP contribution in [0.3, 0.4) is 0 Å². The highest BCUT2D eigenvalue weighted by Gasteiger charge is 2.05. The van der Waals surface area contributed by atoms with Crippen LogP contribution >= 0.6 is 23.1 Å². The van der Waals surface area contributed by atoms with Gasteiger partial charge in [-0.25, -0.2) is 0 Å². The summed E-state index contributed by atoms with van der Waals surface area (Å²) in [6.07, 6.45) is 5.09. The minimum Gasteiger partial charge on any atom is -0.360 e. The van der Waals surface area contributed by atoms with Crippen molar-refractivity contribution >= 4 is 28.2 Å². The first-order valence-electron chi connectivity index (χ1n) is 7.54. The minimum atomic E-state index is 0.943. The third-order valence-corrected chi connectivity index (χ3v) is 5.39. The molecule has 0 aliphatic heterocycles. The minimum absolute atomic E-state index is 0.943. The first-order valence-corrected chi connectivity index (χ1v) is 9.34. The van der Waals surface area contributed by atoms with Crippen LogP contribution in [-0.2, 0) is 5.75 Å². The molecule has 0 bridgehead atoms. The van der Waals surface area contributed by atoms with Crippen LogP contribution in [0.2, 0.25) is 0 Å². The smallest absolute Gasteiger partial charge is 0.206 e. The second-order valence-electron chi connectivity index (χ2n) is 5.08. The van der Waals surface area contributed by atoms with E-state index in [0.29, 0.717) is 0 Å². The van der Waals surface area contributed by atoms with Crippen molar-refractivity contribution in [1.29, 1.82) is 0 Å². The zero-order valence-electron chi connectivity index (χ0n) is 12.8. The highest BCUT2D eigenvalue weighted by molar-refractivity contribution is 8.00. The fourth-order valence-electron chi connectivity index (χ4n) is 2.00. The average Bonchev–Trinajstić information content (AvgIpc) is 2.94. The Balaban J connectivity index is 1.74. The molecule has 0 unspecified atom stereocenters. The second-order valence-corrected chi connectivity index (χ2v) is 7.28. The number of thioether (sulfide) groups is 1. The van der Waals surface area contributed by atoms with Gasteiger partial charge in [0.05, 0.1) is 0 Å². The molecule has 1 heterocycles. The SMILES string of the molecule is CCCCCCNc1nnc(SCc2ccccc2C)s1. The number of benzene rings is 1. The number of aromatic nitrogens is 2. The number of nitrogens with zero attached hydrogens (tertiary/aromatic N) is 2. The number of nitrogens with one attached hydrogen (secondary N) is 1. The highest BCUT2D eigenvalue weighted by Crippen LogP contribution is 2.29. The third kappa shape index (κ3) is 5.67. The summed E-state index contributed by atoms with van der Waals surface area (Å²) in [5.41, 5.74) is 2.70. The maximum absolute atomic E-state index is 4.24. The quantitative estimate of drug-likeness (QED) is 0.513. The molecule has 0 saturated carbocycles. The summed E-state index contributed by atoms with van der Waals surface area (Å²) in [5, 5.41) is 12.8. The molecule has 0 radical (unpaired) electrons. The van der Waals surface area contributed by atoms with Crippen LogP contribution in [0.15, 0.2) is 28.6 Å². The second kappa shape index (κ2) is 9.05. The zero-order chi connectivity index (χ0) is 14.9. The summed E-state index contributed by atoms with van der Waals surface area (Å²) in [6.45, 7) is 5.38. The Morgan fingerprint density at radius 2 is 2.00 bits per heavy atom. The number of hydrogen-bond acceptors (Lipinski definition) is 5. The molecule has 0 aliphatic carbocycles. The maximum atomic E-state index is 4.24. The molecule has 0 amide bonds. The molecular formula is C16H23N3S2. The number of aryl methyl sites for hydroxylation is 1. The van der Waals surface area contributed by atoms with E-state index in [1.165, 1.54) is 36.8 Å². The first-order chi connectivity index (χ1) is 10.3. The standard InChI is InChI=1S/C16H23N3S2/c1-3-4-5-8-11-17-15-18-19-16(21-15)20-12-14-10-7-6-9-13(14)2/h6-7,9-10H,3-5,8,11-12H2,1-2H3,(H,17,18). The predicted molar refractivity (Wildman–Crippen MR) is 93.3 cm³/mol. The van der Waals surface area contributed by atoms with Gasteiger partial charge in [-0.15, -0.1) is 10.2 Å². The average molecular weight is 322 g/mol. The van der Waals surface area contributed by atoms with E-state index in [0.717, 1.165) is 21.8 Å². The Labute approximate surface area is 135 Å². The molecule has 1 aromatic carbocycles. The number of rotatable bonds is 9. The van der Waals surface area contributed by atoms with Gasteiger partial charge < -0.3 is 5.32 Å². The molecule has 1 N–H and O–H groups in total. The lowest BCUT2D eigenvalue weighted by molar-refractivity contribution is 0.684. The van der Waals surface area contributed by atoms with Crippen molar-refractivity contribution in [3.63, 3.8) is 0 Å². The molecule has 114 valence electrons. The molecule has 3 nitrogen and oxygen atoms in total. The highest BCUT2D eigenvalue weighted by atomic mass is 32.2. The fourth-order valence-corrected chi connectivity index (χ4v) is 3.85. The summed E-state index contributed by atoms with van der Waals surface area (Å²) in [5.74, 6) is 0.956. The lowest BCUT2D eigenvalue weighted by Crippen LogP contribution is -2.00. The molecule has 0 aliphatic rings. The monoisotopic (exact) mass is 321 g/mol. The summed E-state index contributed by atoms with van der Waals surface area (Å²) in [7, 11) is 0. The van der Waals surface area contributed by atoms with Crippen molar-refractivity contribution in [1.82, 2.24) is 10.2 Å². The van der Waals surface area contributed by atoms with Crippen molar-refractivity contribution in [3.8, 4) is 0 Å². The Hall–Kier alpha value is -1.07. The van der Waals surface area contributed by atoms with Gasteiger partial charge in [0.15, 0.2) is 4.34 Å². The molecule has 0 atom stereocenters. The molecule has 2 aromatic rings. The fraction of sp³-hybridized carbons (Fsp3) is 0.500. The first kappa shape index (κ1) is 16.3. The molecule has 0 fully saturated rings. The van der Waals surface area contributed by atoms with Crippen LogP contribution < -0.4 is 5.32 Å². The molecule has 1 aromatic heterocycles. The van der Waals surface area contributed by atoms with Crippen LogP contribution in [0.5, 0.6) is 0 Å². The van der Waals surface area contributed by atoms with Gasteiger partial charge in [-0.3, -0.25) is 0 Å². The van der Waals surface area contributed by atoms with Gasteiger partial charge in [0.2, 0.25) is 5.13 Å². The number of hydrogen-bond donors (Lipinski definition) is 1. The summed E-state index contributed by atoms with van der Waals surface area (Å²) in [4.78, 5) is 0. The molecule has 2 rings (SSSR count). The molecule has 5 heteroatoms. The largest absolute Gasteiger partial charge is 0.360 e. The van der Waals surface area contributed by atoms with Crippen LogP contribution in [0.25, 0.3) is 0 Å². The normalized spacial score (nSPS) is 10.8. The maximum Gasteiger partial charge on any atom is 0.206 e. The van der Waals surface area contributed by atoms with Crippen molar-refractivity contribution in [3.05, 3.63) is 35.4 Å². The molecular weight excluding hydrogens is 298 g/mol. The van der Waals surface area contributed by atoms with Crippen molar-refractivity contribution in [2.45, 2.75) is 49.6 Å². The lowest BCUT2D eigenvalue weighted by atomic mass is 10.1. The topological polar surface area (TPSA) is 37.8 Å². The number of unbranched alkanes of at least 4 members (excludes halogenated alkanes) is 3. The molecule has 0 spiro atoms. The van der Waals surface area contributed by atoms with Crippen LogP contribution in [0.4, 0.5) is 5.13 Å². The van der Waals surface area contributed by atoms with Gasteiger partial charge >= 0.3 is 0 Å². The van der Waals surface area contributed by atoms with Crippen molar-refractivity contribution in [2.75, 3.05) is 11.9 Å². The van der Waals surface area contributed by atoms with Gasteiger partial charge in [0, 0.05) is 12.3 Å². The van der Waals surface area contributed by atoms with E-state index in [2.05, 4.69) is 53.6 Å². The lowest BCUT2D eigenvalue weighted by Gasteiger charge is -2.02. The van der Waals surface area contributed by atoms with Gasteiger partial charge in [-0.1, -0.05) is 73.6 Å². The van der Waals surface area contributed by atoms with E-state index >= 15 is 0 Å². The zero-order valence-corrected chi connectivity index (χ0v) is 14.4. The van der Waals surface area contributed by atoms with E-state index in [9.17, 15) is 0 Å². The van der Waals surface area contributed by atoms with E-state index in [1.54, 1.807) is 23.1 Å². The van der Waals surface area contributed by atoms with E-state index < -0.39 is 0 Å². The van der Waals surface area contributed by atoms with Gasteiger partial charge in [-0.05, 0) is 24.5 Å². The Kier molecular flexibility index (Phi) is 7.03. The Morgan fingerprint density at radius 1 is 1.14 bits per heavy atom. The predicted octanol–water partition coefficient (Wildman–Crippen LogP) is 5.13. The number of anilines is 1. The van der Waals surface area contributed by atoms with Crippen molar-refractivity contribution in [2.24, 2.45) is 0 Å². The molecule has 21 heavy (non-hydrogen) atoms. The summed E-state index contributed by atoms with van der Waals surface area (Å²) < 4.78 is 1.04. The molecule has 0 saturated heterocycles. The van der Waals surface area contributed by atoms with Crippen LogP contribution in [0.1, 0.15) is 43.7 Å². The van der Waals surface area contributed by atoms with E-state index in [1.807, 2.05) is 0 Å². The van der Waals surface area contributed by atoms with Crippen molar-refractivity contribution < 1.29 is 0 Å². The summed E-state index contributed by atoms with van der Waals surface area (Å²) in [6, 6.07) is 8.50. The van der Waals surface area contributed by atoms with E-state index in [-0.39, 0.29) is 0 Å². The summed E-state index contributed by atoms with van der Waals surface area (Å²) >= 11 is 3.41. The Morgan fingerprint density at radius 3 is 2.81 bits per heavy atom.